The van der Waals surface area contributed by atoms with Crippen molar-refractivity contribution in [3.8, 4) is 6.07 Å². The van der Waals surface area contributed by atoms with E-state index in [1.54, 1.807) is 0 Å². The Morgan fingerprint density at radius 3 is 3.20 bits per heavy atom. The van der Waals surface area contributed by atoms with Crippen molar-refractivity contribution in [1.82, 2.24) is 10.5 Å². The minimum Gasteiger partial charge on any atom is -0.361 e. The molecular weight excluding hydrogens is 190 g/mol. The summed E-state index contributed by atoms with van der Waals surface area (Å²) in [5.41, 5.74) is 0.913. The average molecular weight is 205 g/mol. The van der Waals surface area contributed by atoms with Gasteiger partial charge in [-0.25, -0.2) is 0 Å². The zero-order valence-corrected chi connectivity index (χ0v) is 8.86. The Morgan fingerprint density at radius 2 is 2.53 bits per heavy atom. The highest BCUT2D eigenvalue weighted by Crippen LogP contribution is 2.24. The number of nitriles is 1. The second-order valence-corrected chi connectivity index (χ2v) is 4.08. The maximum absolute atomic E-state index is 8.91. The zero-order chi connectivity index (χ0) is 10.7. The maximum atomic E-state index is 8.91. The Bertz CT molecular complexity index is 366. The largest absolute Gasteiger partial charge is 0.361 e. The Balaban J connectivity index is 1.85. The van der Waals surface area contributed by atoms with Gasteiger partial charge in [0.1, 0.15) is 5.76 Å². The van der Waals surface area contributed by atoms with Gasteiger partial charge in [-0.05, 0) is 19.8 Å². The summed E-state index contributed by atoms with van der Waals surface area (Å²) in [5, 5.41) is 16.2. The van der Waals surface area contributed by atoms with Gasteiger partial charge < -0.3 is 9.84 Å². The molecule has 1 fully saturated rings. The van der Waals surface area contributed by atoms with E-state index in [1.165, 1.54) is 0 Å². The van der Waals surface area contributed by atoms with Crippen LogP contribution in [0.25, 0.3) is 0 Å². The average Bonchev–Trinajstić information content (AvgIpc) is 2.83. The maximum Gasteiger partial charge on any atom is 0.133 e. The summed E-state index contributed by atoms with van der Waals surface area (Å²) in [4.78, 5) is 0. The lowest BCUT2D eigenvalue weighted by Gasteiger charge is -2.13. The van der Waals surface area contributed by atoms with E-state index in [-0.39, 0.29) is 5.92 Å². The van der Waals surface area contributed by atoms with Crippen molar-refractivity contribution in [2.45, 2.75) is 38.8 Å². The molecule has 1 heterocycles. The smallest absolute Gasteiger partial charge is 0.133 e. The van der Waals surface area contributed by atoms with Crippen LogP contribution in [-0.4, -0.2) is 11.2 Å². The normalized spacial score (nSPS) is 25.3. The number of aryl methyl sites for hydroxylation is 1. The van der Waals surface area contributed by atoms with E-state index in [2.05, 4.69) is 16.5 Å². The molecule has 0 amide bonds. The van der Waals surface area contributed by atoms with Crippen molar-refractivity contribution in [1.29, 1.82) is 5.26 Å². The molecule has 0 spiro atoms. The van der Waals surface area contributed by atoms with Crippen molar-refractivity contribution in [2.75, 3.05) is 0 Å². The molecule has 4 nitrogen and oxygen atoms in total. The fourth-order valence-corrected chi connectivity index (χ4v) is 2.10. The highest BCUT2D eigenvalue weighted by molar-refractivity contribution is 5.04. The molecule has 4 heteroatoms. The number of rotatable bonds is 3. The van der Waals surface area contributed by atoms with Crippen LogP contribution in [0.5, 0.6) is 0 Å². The summed E-state index contributed by atoms with van der Waals surface area (Å²) in [7, 11) is 0. The number of hydrogen-bond acceptors (Lipinski definition) is 4. The third-order valence-electron chi connectivity index (χ3n) is 2.90. The van der Waals surface area contributed by atoms with Crippen LogP contribution in [0.3, 0.4) is 0 Å². The molecule has 2 rings (SSSR count). The molecule has 1 saturated carbocycles. The molecule has 2 unspecified atom stereocenters. The van der Waals surface area contributed by atoms with E-state index in [0.29, 0.717) is 12.6 Å². The van der Waals surface area contributed by atoms with Gasteiger partial charge in [0.05, 0.1) is 17.7 Å². The number of nitrogens with one attached hydrogen (secondary N) is 1. The van der Waals surface area contributed by atoms with Gasteiger partial charge >= 0.3 is 0 Å². The highest BCUT2D eigenvalue weighted by Gasteiger charge is 2.26. The Morgan fingerprint density at radius 1 is 1.67 bits per heavy atom. The van der Waals surface area contributed by atoms with E-state index in [0.717, 1.165) is 30.7 Å². The Hall–Kier alpha value is -1.34. The summed E-state index contributed by atoms with van der Waals surface area (Å²) in [6.45, 7) is 2.57. The fourth-order valence-electron chi connectivity index (χ4n) is 2.10. The minimum atomic E-state index is 0.165. The monoisotopic (exact) mass is 205 g/mol. The first-order valence-electron chi connectivity index (χ1n) is 5.35. The number of hydrogen-bond donors (Lipinski definition) is 1. The lowest BCUT2D eigenvalue weighted by atomic mass is 10.1. The van der Waals surface area contributed by atoms with Crippen LogP contribution in [0.1, 0.15) is 30.7 Å². The van der Waals surface area contributed by atoms with Crippen LogP contribution in [0.2, 0.25) is 0 Å². The highest BCUT2D eigenvalue weighted by atomic mass is 16.5. The Labute approximate surface area is 89.3 Å². The molecule has 0 radical (unpaired) electrons. The first kappa shape index (κ1) is 10.2. The van der Waals surface area contributed by atoms with Gasteiger partial charge in [-0.15, -0.1) is 0 Å². The molecule has 0 aliphatic heterocycles. The molecule has 15 heavy (non-hydrogen) atoms. The molecule has 80 valence electrons. The molecule has 0 saturated heterocycles. The van der Waals surface area contributed by atoms with Crippen LogP contribution < -0.4 is 5.32 Å². The molecule has 1 aromatic rings. The number of aromatic nitrogens is 1. The van der Waals surface area contributed by atoms with E-state index in [4.69, 9.17) is 9.78 Å². The molecular formula is C11H15N3O. The van der Waals surface area contributed by atoms with E-state index in [1.807, 2.05) is 13.0 Å². The molecule has 0 bridgehead atoms. The lowest BCUT2D eigenvalue weighted by Crippen LogP contribution is -2.31. The lowest BCUT2D eigenvalue weighted by molar-refractivity contribution is 0.382. The first-order valence-corrected chi connectivity index (χ1v) is 5.35. The summed E-state index contributed by atoms with van der Waals surface area (Å²) in [6.07, 6.45) is 3.26. The van der Waals surface area contributed by atoms with Gasteiger partial charge in [-0.2, -0.15) is 5.26 Å². The first-order chi connectivity index (χ1) is 7.29. The number of nitrogens with zero attached hydrogens (tertiary/aromatic N) is 2. The van der Waals surface area contributed by atoms with Crippen molar-refractivity contribution in [3.05, 3.63) is 17.5 Å². The van der Waals surface area contributed by atoms with Gasteiger partial charge in [-0.3, -0.25) is 0 Å². The summed E-state index contributed by atoms with van der Waals surface area (Å²) in [6, 6.07) is 4.60. The van der Waals surface area contributed by atoms with E-state index < -0.39 is 0 Å². The van der Waals surface area contributed by atoms with Crippen LogP contribution in [0.15, 0.2) is 10.6 Å². The molecule has 1 aliphatic rings. The fraction of sp³-hybridized carbons (Fsp3) is 0.636. The predicted molar refractivity (Wildman–Crippen MR) is 54.8 cm³/mol. The van der Waals surface area contributed by atoms with Crippen molar-refractivity contribution in [3.63, 3.8) is 0 Å². The van der Waals surface area contributed by atoms with Gasteiger partial charge in [0.15, 0.2) is 0 Å². The molecule has 0 aromatic carbocycles. The molecule has 1 aliphatic carbocycles. The molecule has 1 aromatic heterocycles. The summed E-state index contributed by atoms with van der Waals surface area (Å²) < 4.78 is 4.98. The third kappa shape index (κ3) is 2.37. The topological polar surface area (TPSA) is 61.9 Å². The van der Waals surface area contributed by atoms with Crippen molar-refractivity contribution in [2.24, 2.45) is 5.92 Å². The molecule has 1 N–H and O–H groups in total. The second kappa shape index (κ2) is 4.45. The van der Waals surface area contributed by atoms with Gasteiger partial charge in [-0.1, -0.05) is 11.6 Å². The predicted octanol–water partition coefficient (Wildman–Crippen LogP) is 1.76. The standard InChI is InChI=1S/C11H15N3O/c1-8-5-10(14-15-8)7-13-11-4-2-3-9(11)6-12/h5,9,11,13H,2-4,7H2,1H3. The van der Waals surface area contributed by atoms with Crippen LogP contribution in [-0.2, 0) is 6.54 Å². The van der Waals surface area contributed by atoms with Gasteiger partial charge in [0.25, 0.3) is 0 Å². The quantitative estimate of drug-likeness (QED) is 0.816. The third-order valence-corrected chi connectivity index (χ3v) is 2.90. The van der Waals surface area contributed by atoms with Gasteiger partial charge in [0, 0.05) is 18.7 Å². The van der Waals surface area contributed by atoms with E-state index >= 15 is 0 Å². The molecule has 2 atom stereocenters. The second-order valence-electron chi connectivity index (χ2n) is 4.08. The van der Waals surface area contributed by atoms with Crippen LogP contribution >= 0.6 is 0 Å². The van der Waals surface area contributed by atoms with Crippen molar-refractivity contribution < 1.29 is 4.52 Å². The zero-order valence-electron chi connectivity index (χ0n) is 8.86. The Kier molecular flexibility index (Phi) is 3.02. The summed E-state index contributed by atoms with van der Waals surface area (Å²) in [5.74, 6) is 0.994. The SMILES string of the molecule is Cc1cc(CNC2CCCC2C#N)no1. The summed E-state index contributed by atoms with van der Waals surface area (Å²) >= 11 is 0. The van der Waals surface area contributed by atoms with E-state index in [9.17, 15) is 0 Å². The van der Waals surface area contributed by atoms with Crippen molar-refractivity contribution >= 4 is 0 Å². The van der Waals surface area contributed by atoms with Crippen LogP contribution in [0, 0.1) is 24.2 Å². The minimum absolute atomic E-state index is 0.165. The van der Waals surface area contributed by atoms with Crippen LogP contribution in [0.4, 0.5) is 0 Å². The van der Waals surface area contributed by atoms with Gasteiger partial charge in [0.2, 0.25) is 0 Å².